The second-order valence-corrected chi connectivity index (χ2v) is 7.81. The number of anilines is 2. The summed E-state index contributed by atoms with van der Waals surface area (Å²) in [5.74, 6) is -0.890. The average molecular weight is 445 g/mol. The molecule has 1 aromatic heterocycles. The third-order valence-corrected chi connectivity index (χ3v) is 5.49. The fourth-order valence-electron chi connectivity index (χ4n) is 2.96. The lowest BCUT2D eigenvalue weighted by molar-refractivity contribution is -0.113. The molecule has 8 heteroatoms. The van der Waals surface area contributed by atoms with Gasteiger partial charge < -0.3 is 10.6 Å². The predicted molar refractivity (Wildman–Crippen MR) is 124 cm³/mol. The second kappa shape index (κ2) is 10.4. The van der Waals surface area contributed by atoms with Crippen LogP contribution in [0.5, 0.6) is 0 Å². The largest absolute Gasteiger partial charge is 0.325 e. The van der Waals surface area contributed by atoms with Crippen molar-refractivity contribution >= 4 is 40.7 Å². The fraction of sp³-hybridized carbons (Fsp3) is 0.125. The topological polar surface area (TPSA) is 112 Å². The van der Waals surface area contributed by atoms with Gasteiger partial charge in [-0.2, -0.15) is 5.26 Å². The summed E-state index contributed by atoms with van der Waals surface area (Å²) in [5.41, 5.74) is 2.47. The molecule has 3 rings (SSSR count). The lowest BCUT2D eigenvalue weighted by Gasteiger charge is -2.12. The standard InChI is InChI=1S/C24H20N4O3S/c1-15-20(16(2)29)12-17(13-25)24(26-15)32-14-22(30)28-21-11-7-6-10-19(21)23(31)27-18-8-4-3-5-9-18/h3-12H,14H2,1-2H3,(H,27,31)(H,28,30). The maximum atomic E-state index is 12.7. The Bertz CT molecular complexity index is 1220. The fourth-order valence-corrected chi connectivity index (χ4v) is 3.76. The number of amides is 2. The molecular formula is C24H20N4O3S. The lowest BCUT2D eigenvalue weighted by atomic mass is 10.1. The van der Waals surface area contributed by atoms with Gasteiger partial charge in [-0.1, -0.05) is 42.1 Å². The van der Waals surface area contributed by atoms with Crippen LogP contribution in [0.1, 0.15) is 38.9 Å². The molecule has 2 aromatic carbocycles. The number of ketones is 1. The third kappa shape index (κ3) is 5.59. The highest BCUT2D eigenvalue weighted by Gasteiger charge is 2.16. The van der Waals surface area contributed by atoms with Gasteiger partial charge in [-0.15, -0.1) is 0 Å². The highest BCUT2D eigenvalue weighted by Crippen LogP contribution is 2.24. The van der Waals surface area contributed by atoms with E-state index in [-0.39, 0.29) is 28.9 Å². The van der Waals surface area contributed by atoms with E-state index in [0.717, 1.165) is 11.8 Å². The number of nitrogens with one attached hydrogen (secondary N) is 2. The molecule has 0 unspecified atom stereocenters. The first-order chi connectivity index (χ1) is 15.4. The zero-order valence-electron chi connectivity index (χ0n) is 17.5. The molecule has 1 heterocycles. The van der Waals surface area contributed by atoms with Crippen LogP contribution in [0.3, 0.4) is 0 Å². The van der Waals surface area contributed by atoms with Gasteiger partial charge in [-0.25, -0.2) is 4.98 Å². The van der Waals surface area contributed by atoms with Crippen LogP contribution in [-0.2, 0) is 4.79 Å². The van der Waals surface area contributed by atoms with E-state index < -0.39 is 0 Å². The van der Waals surface area contributed by atoms with Crippen molar-refractivity contribution < 1.29 is 14.4 Å². The molecular weight excluding hydrogens is 424 g/mol. The Morgan fingerprint density at radius 1 is 1.00 bits per heavy atom. The molecule has 2 N–H and O–H groups in total. The SMILES string of the molecule is CC(=O)c1cc(C#N)c(SCC(=O)Nc2ccccc2C(=O)Nc2ccccc2)nc1C. The number of para-hydroxylation sites is 2. The maximum absolute atomic E-state index is 12.7. The van der Waals surface area contributed by atoms with Gasteiger partial charge in [0, 0.05) is 16.9 Å². The Morgan fingerprint density at radius 2 is 1.69 bits per heavy atom. The third-order valence-electron chi connectivity index (χ3n) is 4.50. The molecule has 0 saturated carbocycles. The van der Waals surface area contributed by atoms with Crippen molar-refractivity contribution in [2.45, 2.75) is 18.9 Å². The van der Waals surface area contributed by atoms with Crippen molar-refractivity contribution in [1.29, 1.82) is 5.26 Å². The Balaban J connectivity index is 1.70. The number of carbonyl (C=O) groups excluding carboxylic acids is 3. The zero-order chi connectivity index (χ0) is 23.1. The monoisotopic (exact) mass is 444 g/mol. The molecule has 2 amide bonds. The Kier molecular flexibility index (Phi) is 7.37. The number of Topliss-reactive ketones (excluding diaryl/α,β-unsaturated/α-hetero) is 1. The van der Waals surface area contributed by atoms with Crippen LogP contribution in [-0.4, -0.2) is 28.3 Å². The normalized spacial score (nSPS) is 10.2. The minimum Gasteiger partial charge on any atom is -0.325 e. The molecule has 0 fully saturated rings. The number of nitriles is 1. The molecule has 32 heavy (non-hydrogen) atoms. The smallest absolute Gasteiger partial charge is 0.257 e. The average Bonchev–Trinajstić information content (AvgIpc) is 2.78. The Labute approximate surface area is 189 Å². The minimum absolute atomic E-state index is 0.0187. The summed E-state index contributed by atoms with van der Waals surface area (Å²) < 4.78 is 0. The lowest BCUT2D eigenvalue weighted by Crippen LogP contribution is -2.19. The van der Waals surface area contributed by atoms with E-state index in [1.54, 1.807) is 43.3 Å². The molecule has 0 saturated heterocycles. The van der Waals surface area contributed by atoms with Crippen molar-refractivity contribution in [2.75, 3.05) is 16.4 Å². The first-order valence-electron chi connectivity index (χ1n) is 9.69. The zero-order valence-corrected chi connectivity index (χ0v) is 18.3. The first kappa shape index (κ1) is 22.7. The molecule has 0 aliphatic heterocycles. The number of rotatable bonds is 7. The van der Waals surface area contributed by atoms with E-state index in [9.17, 15) is 19.6 Å². The molecule has 0 atom stereocenters. The molecule has 7 nitrogen and oxygen atoms in total. The molecule has 0 bridgehead atoms. The van der Waals surface area contributed by atoms with Crippen molar-refractivity contribution in [1.82, 2.24) is 4.98 Å². The molecule has 0 radical (unpaired) electrons. The van der Waals surface area contributed by atoms with Gasteiger partial charge in [0.1, 0.15) is 11.1 Å². The number of thioether (sulfide) groups is 1. The number of pyridine rings is 1. The van der Waals surface area contributed by atoms with Crippen LogP contribution >= 0.6 is 11.8 Å². The van der Waals surface area contributed by atoms with Gasteiger partial charge in [0.15, 0.2) is 5.78 Å². The highest BCUT2D eigenvalue weighted by atomic mass is 32.2. The number of aromatic nitrogens is 1. The summed E-state index contributed by atoms with van der Waals surface area (Å²) in [5, 5.41) is 15.3. The van der Waals surface area contributed by atoms with Crippen LogP contribution in [0, 0.1) is 18.3 Å². The van der Waals surface area contributed by atoms with Gasteiger partial charge in [-0.3, -0.25) is 14.4 Å². The quantitative estimate of drug-likeness (QED) is 0.411. The first-order valence-corrected chi connectivity index (χ1v) is 10.7. The van der Waals surface area contributed by atoms with Crippen molar-refractivity contribution in [2.24, 2.45) is 0 Å². The summed E-state index contributed by atoms with van der Waals surface area (Å²) in [7, 11) is 0. The van der Waals surface area contributed by atoms with E-state index in [1.807, 2.05) is 24.3 Å². The number of aryl methyl sites for hydroxylation is 1. The highest BCUT2D eigenvalue weighted by molar-refractivity contribution is 8.00. The predicted octanol–water partition coefficient (Wildman–Crippen LogP) is 4.45. The van der Waals surface area contributed by atoms with Crippen molar-refractivity contribution in [3.05, 3.63) is 83.0 Å². The van der Waals surface area contributed by atoms with E-state index in [1.165, 1.54) is 13.0 Å². The van der Waals surface area contributed by atoms with Gasteiger partial charge in [-0.05, 0) is 44.2 Å². The van der Waals surface area contributed by atoms with Crippen LogP contribution in [0.15, 0.2) is 65.7 Å². The summed E-state index contributed by atoms with van der Waals surface area (Å²) in [6, 6.07) is 19.2. The Morgan fingerprint density at radius 3 is 2.38 bits per heavy atom. The van der Waals surface area contributed by atoms with Gasteiger partial charge in [0.05, 0.1) is 22.6 Å². The van der Waals surface area contributed by atoms with Crippen LogP contribution in [0.4, 0.5) is 11.4 Å². The van der Waals surface area contributed by atoms with Crippen LogP contribution < -0.4 is 10.6 Å². The van der Waals surface area contributed by atoms with E-state index in [4.69, 9.17) is 0 Å². The number of hydrogen-bond donors (Lipinski definition) is 2. The van der Waals surface area contributed by atoms with E-state index in [2.05, 4.69) is 15.6 Å². The maximum Gasteiger partial charge on any atom is 0.257 e. The second-order valence-electron chi connectivity index (χ2n) is 6.84. The summed E-state index contributed by atoms with van der Waals surface area (Å²) >= 11 is 1.09. The number of benzene rings is 2. The molecule has 0 aliphatic rings. The molecule has 0 aliphatic carbocycles. The van der Waals surface area contributed by atoms with E-state index >= 15 is 0 Å². The minimum atomic E-state index is -0.353. The summed E-state index contributed by atoms with van der Waals surface area (Å²) in [6.45, 7) is 3.10. The van der Waals surface area contributed by atoms with Gasteiger partial charge in [0.25, 0.3) is 5.91 Å². The number of carbonyl (C=O) groups is 3. The molecule has 3 aromatic rings. The van der Waals surface area contributed by atoms with Gasteiger partial charge in [0.2, 0.25) is 5.91 Å². The number of nitrogens with zero attached hydrogens (tertiary/aromatic N) is 2. The summed E-state index contributed by atoms with van der Waals surface area (Å²) in [6.07, 6.45) is 0. The van der Waals surface area contributed by atoms with Crippen molar-refractivity contribution in [3.8, 4) is 6.07 Å². The van der Waals surface area contributed by atoms with Crippen molar-refractivity contribution in [3.63, 3.8) is 0 Å². The summed E-state index contributed by atoms with van der Waals surface area (Å²) in [4.78, 5) is 41.2. The van der Waals surface area contributed by atoms with Crippen LogP contribution in [0.25, 0.3) is 0 Å². The van der Waals surface area contributed by atoms with Crippen LogP contribution in [0.2, 0.25) is 0 Å². The molecule has 0 spiro atoms. The molecule has 160 valence electrons. The van der Waals surface area contributed by atoms with E-state index in [0.29, 0.717) is 33.2 Å². The van der Waals surface area contributed by atoms with Gasteiger partial charge >= 0.3 is 0 Å². The number of hydrogen-bond acceptors (Lipinski definition) is 6. The Hall–Kier alpha value is -3.96.